The Hall–Kier alpha value is -1.60. The molecular formula is C15H22FN3. The van der Waals surface area contributed by atoms with Crippen LogP contribution >= 0.6 is 0 Å². The highest BCUT2D eigenvalue weighted by atomic mass is 19.1. The van der Waals surface area contributed by atoms with Gasteiger partial charge in [-0.1, -0.05) is 13.8 Å². The van der Waals surface area contributed by atoms with E-state index in [0.29, 0.717) is 17.2 Å². The maximum Gasteiger partial charge on any atom is 0.147 e. The van der Waals surface area contributed by atoms with E-state index in [2.05, 4.69) is 18.7 Å². The van der Waals surface area contributed by atoms with Crippen molar-refractivity contribution in [1.82, 2.24) is 4.90 Å². The molecule has 0 saturated heterocycles. The highest BCUT2D eigenvalue weighted by Gasteiger charge is 2.13. The van der Waals surface area contributed by atoms with Gasteiger partial charge >= 0.3 is 0 Å². The van der Waals surface area contributed by atoms with Gasteiger partial charge in [0.05, 0.1) is 17.3 Å². The molecule has 0 N–H and O–H groups in total. The maximum absolute atomic E-state index is 14.1. The molecule has 0 unspecified atom stereocenters. The summed E-state index contributed by atoms with van der Waals surface area (Å²) in [7, 11) is 4.01. The largest absolute Gasteiger partial charge is 0.368 e. The lowest BCUT2D eigenvalue weighted by atomic mass is 10.1. The predicted octanol–water partition coefficient (Wildman–Crippen LogP) is 2.72. The van der Waals surface area contributed by atoms with E-state index in [1.807, 2.05) is 25.1 Å². The summed E-state index contributed by atoms with van der Waals surface area (Å²) < 4.78 is 14.1. The number of hydrogen-bond donors (Lipinski definition) is 0. The second kappa shape index (κ2) is 7.10. The van der Waals surface area contributed by atoms with Crippen LogP contribution in [0, 0.1) is 23.1 Å². The Morgan fingerprint density at radius 1 is 1.26 bits per heavy atom. The third-order valence-electron chi connectivity index (χ3n) is 2.82. The summed E-state index contributed by atoms with van der Waals surface area (Å²) in [4.78, 5) is 4.12. The number of nitrogens with zero attached hydrogens (tertiary/aromatic N) is 3. The van der Waals surface area contributed by atoms with Crippen molar-refractivity contribution in [3.05, 3.63) is 29.6 Å². The number of anilines is 1. The van der Waals surface area contributed by atoms with Gasteiger partial charge in [0.1, 0.15) is 5.82 Å². The van der Waals surface area contributed by atoms with Gasteiger partial charge in [-0.05, 0) is 38.2 Å². The normalized spacial score (nSPS) is 10.8. The smallest absolute Gasteiger partial charge is 0.147 e. The molecule has 0 bridgehead atoms. The van der Waals surface area contributed by atoms with E-state index in [1.54, 1.807) is 12.1 Å². The van der Waals surface area contributed by atoms with Crippen LogP contribution in [0.1, 0.15) is 19.4 Å². The fourth-order valence-electron chi connectivity index (χ4n) is 1.90. The fourth-order valence-corrected chi connectivity index (χ4v) is 1.90. The van der Waals surface area contributed by atoms with E-state index in [9.17, 15) is 4.39 Å². The van der Waals surface area contributed by atoms with Gasteiger partial charge in [-0.15, -0.1) is 0 Å². The molecule has 0 aliphatic carbocycles. The molecule has 0 atom stereocenters. The molecule has 0 saturated carbocycles. The molecule has 4 heteroatoms. The molecule has 1 rings (SSSR count). The van der Waals surface area contributed by atoms with Crippen molar-refractivity contribution in [3.8, 4) is 6.07 Å². The average molecular weight is 263 g/mol. The summed E-state index contributed by atoms with van der Waals surface area (Å²) in [6.07, 6.45) is 0. The van der Waals surface area contributed by atoms with Gasteiger partial charge in [0.2, 0.25) is 0 Å². The van der Waals surface area contributed by atoms with Gasteiger partial charge in [-0.25, -0.2) is 4.39 Å². The van der Waals surface area contributed by atoms with Crippen molar-refractivity contribution in [2.75, 3.05) is 38.6 Å². The van der Waals surface area contributed by atoms with Crippen molar-refractivity contribution in [1.29, 1.82) is 5.26 Å². The quantitative estimate of drug-likeness (QED) is 0.790. The minimum absolute atomic E-state index is 0.321. The summed E-state index contributed by atoms with van der Waals surface area (Å²) in [5.74, 6) is 0.135. The number of benzene rings is 1. The highest BCUT2D eigenvalue weighted by Crippen LogP contribution is 2.21. The van der Waals surface area contributed by atoms with Crippen LogP contribution in [0.15, 0.2) is 18.2 Å². The van der Waals surface area contributed by atoms with Gasteiger partial charge in [0, 0.05) is 19.6 Å². The fraction of sp³-hybridized carbons (Fsp3) is 0.533. The Morgan fingerprint density at radius 3 is 2.42 bits per heavy atom. The molecule has 104 valence electrons. The molecule has 0 aliphatic rings. The Labute approximate surface area is 115 Å². The second-order valence-electron chi connectivity index (χ2n) is 5.42. The summed E-state index contributed by atoms with van der Waals surface area (Å²) in [6.45, 7) is 6.67. The molecule has 0 fully saturated rings. The summed E-state index contributed by atoms with van der Waals surface area (Å²) in [5.41, 5.74) is 0.938. The molecule has 1 aromatic rings. The van der Waals surface area contributed by atoms with Crippen LogP contribution in [-0.2, 0) is 0 Å². The van der Waals surface area contributed by atoms with Crippen LogP contribution in [-0.4, -0.2) is 38.6 Å². The number of likely N-dealkylation sites (N-methyl/N-ethyl adjacent to an activating group) is 1. The van der Waals surface area contributed by atoms with Crippen LogP contribution in [0.4, 0.5) is 10.1 Å². The lowest BCUT2D eigenvalue weighted by Gasteiger charge is -2.28. The molecule has 3 nitrogen and oxygen atoms in total. The highest BCUT2D eigenvalue weighted by molar-refractivity contribution is 5.51. The molecule has 0 radical (unpaired) electrons. The standard InChI is InChI=1S/C15H22FN3/c1-12(2)11-19(8-7-18(3)4)15-6-5-13(10-17)9-14(15)16/h5-6,9,12H,7-8,11H2,1-4H3. The average Bonchev–Trinajstić information content (AvgIpc) is 2.34. The lowest BCUT2D eigenvalue weighted by Crippen LogP contribution is -2.35. The van der Waals surface area contributed by atoms with Crippen molar-refractivity contribution in [2.24, 2.45) is 5.92 Å². The summed E-state index contributed by atoms with van der Waals surface area (Å²) in [6, 6.07) is 6.63. The molecule has 0 aromatic heterocycles. The van der Waals surface area contributed by atoms with E-state index < -0.39 is 0 Å². The van der Waals surface area contributed by atoms with Crippen molar-refractivity contribution < 1.29 is 4.39 Å². The molecule has 0 heterocycles. The van der Waals surface area contributed by atoms with Crippen molar-refractivity contribution >= 4 is 5.69 Å². The minimum Gasteiger partial charge on any atom is -0.368 e. The van der Waals surface area contributed by atoms with E-state index in [-0.39, 0.29) is 5.82 Å². The van der Waals surface area contributed by atoms with Crippen LogP contribution < -0.4 is 4.90 Å². The Bertz CT molecular complexity index is 449. The summed E-state index contributed by atoms with van der Waals surface area (Å²) in [5, 5.41) is 8.78. The first kappa shape index (κ1) is 15.5. The van der Waals surface area contributed by atoms with E-state index in [1.165, 1.54) is 6.07 Å². The van der Waals surface area contributed by atoms with Crippen molar-refractivity contribution in [3.63, 3.8) is 0 Å². The van der Waals surface area contributed by atoms with E-state index in [0.717, 1.165) is 19.6 Å². The first-order chi connectivity index (χ1) is 8.93. The molecule has 0 aliphatic heterocycles. The van der Waals surface area contributed by atoms with Gasteiger partial charge in [0.25, 0.3) is 0 Å². The number of hydrogen-bond acceptors (Lipinski definition) is 3. The minimum atomic E-state index is -0.321. The van der Waals surface area contributed by atoms with Gasteiger partial charge in [-0.3, -0.25) is 0 Å². The monoisotopic (exact) mass is 263 g/mol. The molecule has 1 aromatic carbocycles. The lowest BCUT2D eigenvalue weighted by molar-refractivity contribution is 0.408. The Kier molecular flexibility index (Phi) is 5.78. The zero-order valence-electron chi connectivity index (χ0n) is 12.2. The van der Waals surface area contributed by atoms with E-state index in [4.69, 9.17) is 5.26 Å². The second-order valence-corrected chi connectivity index (χ2v) is 5.42. The first-order valence-electron chi connectivity index (χ1n) is 6.53. The van der Waals surface area contributed by atoms with Gasteiger partial charge in [-0.2, -0.15) is 5.26 Å². The third kappa shape index (κ3) is 4.88. The molecule has 19 heavy (non-hydrogen) atoms. The first-order valence-corrected chi connectivity index (χ1v) is 6.53. The van der Waals surface area contributed by atoms with E-state index >= 15 is 0 Å². The topological polar surface area (TPSA) is 30.3 Å². The molecule has 0 amide bonds. The summed E-state index contributed by atoms with van der Waals surface area (Å²) >= 11 is 0. The Balaban J connectivity index is 2.93. The van der Waals surface area contributed by atoms with Crippen LogP contribution in [0.2, 0.25) is 0 Å². The predicted molar refractivity (Wildman–Crippen MR) is 76.7 cm³/mol. The van der Waals surface area contributed by atoms with Crippen molar-refractivity contribution in [2.45, 2.75) is 13.8 Å². The number of rotatable bonds is 6. The van der Waals surface area contributed by atoms with Gasteiger partial charge in [0.15, 0.2) is 0 Å². The SMILES string of the molecule is CC(C)CN(CCN(C)C)c1ccc(C#N)cc1F. The van der Waals surface area contributed by atoms with Crippen LogP contribution in [0.5, 0.6) is 0 Å². The Morgan fingerprint density at radius 2 is 1.95 bits per heavy atom. The zero-order chi connectivity index (χ0) is 14.4. The maximum atomic E-state index is 14.1. The van der Waals surface area contributed by atoms with Crippen LogP contribution in [0.3, 0.4) is 0 Å². The van der Waals surface area contributed by atoms with Gasteiger partial charge < -0.3 is 9.80 Å². The number of halogens is 1. The molecular weight excluding hydrogens is 241 g/mol. The van der Waals surface area contributed by atoms with Crippen LogP contribution in [0.25, 0.3) is 0 Å². The molecule has 0 spiro atoms. The zero-order valence-corrected chi connectivity index (χ0v) is 12.2. The number of nitriles is 1. The third-order valence-corrected chi connectivity index (χ3v) is 2.82.